The predicted octanol–water partition coefficient (Wildman–Crippen LogP) is 1.89. The number of rotatable bonds is 2. The summed E-state index contributed by atoms with van der Waals surface area (Å²) in [6, 6.07) is 0. The fourth-order valence-corrected chi connectivity index (χ4v) is 3.08. The molecule has 0 spiro atoms. The zero-order valence-electron chi connectivity index (χ0n) is 10.4. The summed E-state index contributed by atoms with van der Waals surface area (Å²) < 4.78 is 0. The number of likely N-dealkylation sites (tertiary alicyclic amines) is 1. The number of carbonyl (C=O) groups is 2. The normalized spacial score (nSPS) is 24.9. The highest BCUT2D eigenvalue weighted by Gasteiger charge is 2.40. The van der Waals surface area contributed by atoms with Crippen molar-refractivity contribution in [3.05, 3.63) is 0 Å². The molecule has 1 aliphatic carbocycles. The number of amides is 1. The van der Waals surface area contributed by atoms with E-state index in [0.717, 1.165) is 25.7 Å². The summed E-state index contributed by atoms with van der Waals surface area (Å²) in [5, 5.41) is 8.92. The van der Waals surface area contributed by atoms with Crippen molar-refractivity contribution in [2.45, 2.75) is 45.4 Å². The van der Waals surface area contributed by atoms with Crippen LogP contribution in [0.15, 0.2) is 0 Å². The van der Waals surface area contributed by atoms with Gasteiger partial charge in [0.2, 0.25) is 5.91 Å². The minimum atomic E-state index is -0.718. The van der Waals surface area contributed by atoms with E-state index >= 15 is 0 Å². The van der Waals surface area contributed by atoms with Crippen LogP contribution in [-0.4, -0.2) is 35.0 Å². The Morgan fingerprint density at radius 3 is 2.18 bits per heavy atom. The molecule has 0 aromatic carbocycles. The third-order valence-electron chi connectivity index (χ3n) is 4.35. The molecule has 1 saturated heterocycles. The second kappa shape index (κ2) is 4.67. The van der Waals surface area contributed by atoms with Crippen molar-refractivity contribution >= 4 is 11.9 Å². The summed E-state index contributed by atoms with van der Waals surface area (Å²) in [4.78, 5) is 25.1. The first kappa shape index (κ1) is 12.4. The van der Waals surface area contributed by atoms with Gasteiger partial charge in [-0.25, -0.2) is 0 Å². The van der Waals surface area contributed by atoms with E-state index in [4.69, 9.17) is 5.11 Å². The highest BCUT2D eigenvalue weighted by molar-refractivity contribution is 5.83. The number of hydrogen-bond donors (Lipinski definition) is 1. The highest BCUT2D eigenvalue weighted by atomic mass is 16.4. The maximum absolute atomic E-state index is 12.4. The van der Waals surface area contributed by atoms with E-state index in [1.165, 1.54) is 0 Å². The molecular weight excluding hydrogens is 218 g/mol. The van der Waals surface area contributed by atoms with E-state index in [1.807, 2.05) is 4.90 Å². The lowest BCUT2D eigenvalue weighted by molar-refractivity contribution is -0.148. The van der Waals surface area contributed by atoms with Crippen LogP contribution in [0.1, 0.15) is 45.4 Å². The Hall–Kier alpha value is -1.06. The fraction of sp³-hybridized carbons (Fsp3) is 0.846. The molecule has 2 rings (SSSR count). The third-order valence-corrected chi connectivity index (χ3v) is 4.35. The number of aliphatic carboxylic acids is 1. The van der Waals surface area contributed by atoms with Crippen LogP contribution in [0.2, 0.25) is 0 Å². The van der Waals surface area contributed by atoms with E-state index in [0.29, 0.717) is 25.9 Å². The summed E-state index contributed by atoms with van der Waals surface area (Å²) >= 11 is 0. The number of carboxylic acids is 1. The molecule has 1 aliphatic heterocycles. The minimum absolute atomic E-state index is 0.171. The quantitative estimate of drug-likeness (QED) is 0.800. The molecule has 2 fully saturated rings. The molecule has 1 heterocycles. The Morgan fingerprint density at radius 2 is 1.71 bits per heavy atom. The van der Waals surface area contributed by atoms with Gasteiger partial charge < -0.3 is 10.0 Å². The van der Waals surface area contributed by atoms with Gasteiger partial charge in [-0.3, -0.25) is 9.59 Å². The van der Waals surface area contributed by atoms with E-state index in [1.54, 1.807) is 0 Å². The summed E-state index contributed by atoms with van der Waals surface area (Å²) in [7, 11) is 0. The molecule has 96 valence electrons. The van der Waals surface area contributed by atoms with Gasteiger partial charge in [-0.15, -0.1) is 0 Å². The maximum atomic E-state index is 12.4. The Balaban J connectivity index is 1.92. The largest absolute Gasteiger partial charge is 0.481 e. The molecule has 4 nitrogen and oxygen atoms in total. The van der Waals surface area contributed by atoms with E-state index in [9.17, 15) is 9.59 Å². The van der Waals surface area contributed by atoms with E-state index in [-0.39, 0.29) is 17.2 Å². The van der Waals surface area contributed by atoms with Gasteiger partial charge in [0, 0.05) is 18.5 Å². The van der Waals surface area contributed by atoms with Crippen molar-refractivity contribution in [3.63, 3.8) is 0 Å². The van der Waals surface area contributed by atoms with Crippen LogP contribution in [0.5, 0.6) is 0 Å². The average Bonchev–Trinajstić information content (AvgIpc) is 2.76. The van der Waals surface area contributed by atoms with Gasteiger partial charge in [-0.1, -0.05) is 19.8 Å². The predicted molar refractivity (Wildman–Crippen MR) is 63.5 cm³/mol. The zero-order valence-corrected chi connectivity index (χ0v) is 10.4. The zero-order chi connectivity index (χ0) is 12.5. The number of carbonyl (C=O) groups excluding carboxylic acids is 1. The first-order valence-electron chi connectivity index (χ1n) is 6.55. The molecule has 1 N–H and O–H groups in total. The van der Waals surface area contributed by atoms with E-state index in [2.05, 4.69) is 6.92 Å². The molecule has 0 bridgehead atoms. The number of carboxylic acid groups (broad SMARTS) is 1. The molecule has 1 saturated carbocycles. The molecule has 0 atom stereocenters. The number of hydrogen-bond acceptors (Lipinski definition) is 2. The van der Waals surface area contributed by atoms with Gasteiger partial charge in [-0.2, -0.15) is 0 Å². The van der Waals surface area contributed by atoms with Crippen LogP contribution in [0.25, 0.3) is 0 Å². The first-order chi connectivity index (χ1) is 8.03. The smallest absolute Gasteiger partial charge is 0.306 e. The average molecular weight is 239 g/mol. The molecule has 1 amide bonds. The standard InChI is InChI=1S/C13H21NO3/c1-13(6-2-3-7-13)12(17)14-8-4-10(5-9-14)11(15)16/h10H,2-9H2,1H3,(H,15,16). The summed E-state index contributed by atoms with van der Waals surface area (Å²) in [6.45, 7) is 3.29. The van der Waals surface area contributed by atoms with Crippen molar-refractivity contribution in [2.75, 3.05) is 13.1 Å². The minimum Gasteiger partial charge on any atom is -0.481 e. The lowest BCUT2D eigenvalue weighted by Crippen LogP contribution is -2.46. The van der Waals surface area contributed by atoms with Crippen molar-refractivity contribution in [1.29, 1.82) is 0 Å². The topological polar surface area (TPSA) is 57.6 Å². The lowest BCUT2D eigenvalue weighted by Gasteiger charge is -2.35. The van der Waals surface area contributed by atoms with Gasteiger partial charge in [-0.05, 0) is 25.7 Å². The molecule has 0 aromatic heterocycles. The van der Waals surface area contributed by atoms with Crippen molar-refractivity contribution < 1.29 is 14.7 Å². The number of nitrogens with zero attached hydrogens (tertiary/aromatic N) is 1. The van der Waals surface area contributed by atoms with Gasteiger partial charge in [0.05, 0.1) is 5.92 Å². The van der Waals surface area contributed by atoms with Crippen LogP contribution in [0, 0.1) is 11.3 Å². The van der Waals surface area contributed by atoms with Crippen LogP contribution in [0.3, 0.4) is 0 Å². The van der Waals surface area contributed by atoms with Crippen LogP contribution in [-0.2, 0) is 9.59 Å². The molecule has 2 aliphatic rings. The van der Waals surface area contributed by atoms with Crippen molar-refractivity contribution in [2.24, 2.45) is 11.3 Å². The Morgan fingerprint density at radius 1 is 1.18 bits per heavy atom. The molecule has 0 radical (unpaired) electrons. The van der Waals surface area contributed by atoms with E-state index < -0.39 is 5.97 Å². The maximum Gasteiger partial charge on any atom is 0.306 e. The van der Waals surface area contributed by atoms with Crippen molar-refractivity contribution in [1.82, 2.24) is 4.90 Å². The second-order valence-electron chi connectivity index (χ2n) is 5.67. The Bertz CT molecular complexity index is 313. The second-order valence-corrected chi connectivity index (χ2v) is 5.67. The lowest BCUT2D eigenvalue weighted by atomic mass is 9.85. The Kier molecular flexibility index (Phi) is 3.40. The fourth-order valence-electron chi connectivity index (χ4n) is 3.08. The van der Waals surface area contributed by atoms with Crippen LogP contribution in [0.4, 0.5) is 0 Å². The molecule has 17 heavy (non-hydrogen) atoms. The monoisotopic (exact) mass is 239 g/mol. The third kappa shape index (κ3) is 2.45. The highest BCUT2D eigenvalue weighted by Crippen LogP contribution is 2.39. The van der Waals surface area contributed by atoms with Gasteiger partial charge in [0.1, 0.15) is 0 Å². The van der Waals surface area contributed by atoms with Gasteiger partial charge in [0.25, 0.3) is 0 Å². The summed E-state index contributed by atoms with van der Waals surface area (Å²) in [6.07, 6.45) is 5.49. The summed E-state index contributed by atoms with van der Waals surface area (Å²) in [5.74, 6) is -0.724. The molecule has 0 aromatic rings. The van der Waals surface area contributed by atoms with Gasteiger partial charge >= 0.3 is 5.97 Å². The van der Waals surface area contributed by atoms with Crippen molar-refractivity contribution in [3.8, 4) is 0 Å². The van der Waals surface area contributed by atoms with Gasteiger partial charge in [0.15, 0.2) is 0 Å². The Labute approximate surface area is 102 Å². The SMILES string of the molecule is CC1(C(=O)N2CCC(C(=O)O)CC2)CCCC1. The number of piperidine rings is 1. The molecule has 4 heteroatoms. The molecule has 0 unspecified atom stereocenters. The van der Waals surface area contributed by atoms with Crippen LogP contribution >= 0.6 is 0 Å². The van der Waals surface area contributed by atoms with Crippen LogP contribution < -0.4 is 0 Å². The first-order valence-corrected chi connectivity index (χ1v) is 6.55. The molecular formula is C13H21NO3. The summed E-state index contributed by atoms with van der Waals surface area (Å²) in [5.41, 5.74) is -0.171.